The van der Waals surface area contributed by atoms with Gasteiger partial charge in [0.2, 0.25) is 11.9 Å². The summed E-state index contributed by atoms with van der Waals surface area (Å²) in [5, 5.41) is 0. The second kappa shape index (κ2) is 5.89. The zero-order valence-corrected chi connectivity index (χ0v) is 9.68. The number of nitrogen functional groups attached to an aromatic ring is 1. The predicted octanol–water partition coefficient (Wildman–Crippen LogP) is 0.865. The molecular formula is C10H17N5O. The van der Waals surface area contributed by atoms with Gasteiger partial charge in [0.15, 0.2) is 0 Å². The zero-order valence-electron chi connectivity index (χ0n) is 9.68. The number of hydrogen-bond acceptors (Lipinski definition) is 6. The third-order valence-corrected chi connectivity index (χ3v) is 1.80. The van der Waals surface area contributed by atoms with Crippen molar-refractivity contribution in [3.8, 4) is 6.01 Å². The molecule has 1 aromatic heterocycles. The summed E-state index contributed by atoms with van der Waals surface area (Å²) in [5.41, 5.74) is 5.54. The Morgan fingerprint density at radius 2 is 2.12 bits per heavy atom. The van der Waals surface area contributed by atoms with E-state index in [-0.39, 0.29) is 12.0 Å². The van der Waals surface area contributed by atoms with Gasteiger partial charge >= 0.3 is 6.01 Å². The van der Waals surface area contributed by atoms with E-state index in [9.17, 15) is 0 Å². The third kappa shape index (κ3) is 3.72. The monoisotopic (exact) mass is 223 g/mol. The first-order valence-electron chi connectivity index (χ1n) is 5.06. The van der Waals surface area contributed by atoms with Crippen LogP contribution in [0.25, 0.3) is 0 Å². The molecule has 1 heterocycles. The van der Waals surface area contributed by atoms with Crippen molar-refractivity contribution in [3.05, 3.63) is 12.7 Å². The highest BCUT2D eigenvalue weighted by Gasteiger charge is 2.06. The van der Waals surface area contributed by atoms with Gasteiger partial charge in [-0.2, -0.15) is 15.0 Å². The van der Waals surface area contributed by atoms with Crippen molar-refractivity contribution in [2.75, 3.05) is 31.3 Å². The molecule has 6 nitrogen and oxygen atoms in total. The molecule has 2 N–H and O–H groups in total. The molecule has 0 aliphatic rings. The molecule has 0 fully saturated rings. The Labute approximate surface area is 95.2 Å². The van der Waals surface area contributed by atoms with E-state index in [1.54, 1.807) is 4.90 Å². The van der Waals surface area contributed by atoms with Crippen LogP contribution in [-0.2, 0) is 0 Å². The van der Waals surface area contributed by atoms with Gasteiger partial charge in [-0.15, -0.1) is 6.58 Å². The molecule has 0 aliphatic carbocycles. The number of allylic oxidation sites excluding steroid dienone is 1. The van der Waals surface area contributed by atoms with Crippen molar-refractivity contribution in [1.82, 2.24) is 15.0 Å². The van der Waals surface area contributed by atoms with Crippen LogP contribution in [0.4, 0.5) is 11.9 Å². The van der Waals surface area contributed by atoms with E-state index in [1.807, 2.05) is 20.2 Å². The van der Waals surface area contributed by atoms with Gasteiger partial charge in [-0.1, -0.05) is 6.08 Å². The first kappa shape index (κ1) is 12.2. The number of ether oxygens (including phenoxy) is 1. The Morgan fingerprint density at radius 3 is 2.75 bits per heavy atom. The van der Waals surface area contributed by atoms with Crippen molar-refractivity contribution >= 4 is 11.9 Å². The highest BCUT2D eigenvalue weighted by Crippen LogP contribution is 2.11. The van der Waals surface area contributed by atoms with E-state index in [0.29, 0.717) is 12.6 Å². The highest BCUT2D eigenvalue weighted by molar-refractivity contribution is 5.33. The summed E-state index contributed by atoms with van der Waals surface area (Å²) in [6.07, 6.45) is 3.63. The lowest BCUT2D eigenvalue weighted by molar-refractivity contribution is 0.287. The van der Waals surface area contributed by atoms with Gasteiger partial charge in [0, 0.05) is 14.1 Å². The molecule has 6 heteroatoms. The summed E-state index contributed by atoms with van der Waals surface area (Å²) in [4.78, 5) is 13.7. The minimum atomic E-state index is 0.164. The average Bonchev–Trinajstić information content (AvgIpc) is 2.23. The van der Waals surface area contributed by atoms with Crippen molar-refractivity contribution in [1.29, 1.82) is 0 Å². The molecule has 0 saturated carbocycles. The largest absolute Gasteiger partial charge is 0.463 e. The number of rotatable bonds is 6. The molecule has 16 heavy (non-hydrogen) atoms. The second-order valence-corrected chi connectivity index (χ2v) is 3.45. The van der Waals surface area contributed by atoms with Gasteiger partial charge in [0.25, 0.3) is 0 Å². The summed E-state index contributed by atoms with van der Waals surface area (Å²) >= 11 is 0. The maximum Gasteiger partial charge on any atom is 0.323 e. The van der Waals surface area contributed by atoms with Crippen LogP contribution in [0.2, 0.25) is 0 Å². The SMILES string of the molecule is C=CCCCOc1nc(N)nc(N(C)C)n1. The Bertz CT molecular complexity index is 353. The normalized spacial score (nSPS) is 9.88. The van der Waals surface area contributed by atoms with Gasteiger partial charge in [0.1, 0.15) is 0 Å². The van der Waals surface area contributed by atoms with Crippen LogP contribution in [0, 0.1) is 0 Å². The van der Waals surface area contributed by atoms with Crippen molar-refractivity contribution in [3.63, 3.8) is 0 Å². The van der Waals surface area contributed by atoms with Crippen LogP contribution in [0.3, 0.4) is 0 Å². The van der Waals surface area contributed by atoms with Gasteiger partial charge < -0.3 is 15.4 Å². The van der Waals surface area contributed by atoms with Gasteiger partial charge in [-0.05, 0) is 12.8 Å². The second-order valence-electron chi connectivity index (χ2n) is 3.45. The lowest BCUT2D eigenvalue weighted by Crippen LogP contribution is -2.15. The molecule has 0 bridgehead atoms. The number of unbranched alkanes of at least 4 members (excludes halogenated alkanes) is 1. The molecule has 0 aromatic carbocycles. The molecule has 1 rings (SSSR count). The molecular weight excluding hydrogens is 206 g/mol. The van der Waals surface area contributed by atoms with E-state index in [1.165, 1.54) is 0 Å². The first-order valence-corrected chi connectivity index (χ1v) is 5.06. The highest BCUT2D eigenvalue weighted by atomic mass is 16.5. The number of anilines is 2. The minimum absolute atomic E-state index is 0.164. The molecule has 1 aromatic rings. The van der Waals surface area contributed by atoms with Crippen LogP contribution < -0.4 is 15.4 Å². The smallest absolute Gasteiger partial charge is 0.323 e. The van der Waals surface area contributed by atoms with Crippen molar-refractivity contribution in [2.45, 2.75) is 12.8 Å². The number of aromatic nitrogens is 3. The van der Waals surface area contributed by atoms with E-state index in [2.05, 4.69) is 21.5 Å². The zero-order chi connectivity index (χ0) is 12.0. The summed E-state index contributed by atoms with van der Waals surface area (Å²) in [6, 6.07) is 0.264. The van der Waals surface area contributed by atoms with Gasteiger partial charge in [-0.3, -0.25) is 0 Å². The van der Waals surface area contributed by atoms with E-state index >= 15 is 0 Å². The molecule has 0 unspecified atom stereocenters. The molecule has 88 valence electrons. The standard InChI is InChI=1S/C10H17N5O/c1-4-5-6-7-16-10-13-8(11)12-9(14-10)15(2)3/h4H,1,5-7H2,2-3H3,(H2,11,12,13,14). The van der Waals surface area contributed by atoms with Crippen molar-refractivity contribution < 1.29 is 4.74 Å². The van der Waals surface area contributed by atoms with E-state index < -0.39 is 0 Å². The molecule has 0 amide bonds. The van der Waals surface area contributed by atoms with Crippen LogP contribution in [0.1, 0.15) is 12.8 Å². The molecule has 0 aliphatic heterocycles. The molecule has 0 atom stereocenters. The molecule has 0 saturated heterocycles. The van der Waals surface area contributed by atoms with Crippen LogP contribution >= 0.6 is 0 Å². The Balaban J connectivity index is 2.61. The Hall–Kier alpha value is -1.85. The van der Waals surface area contributed by atoms with Gasteiger partial charge in [0.05, 0.1) is 6.61 Å². The van der Waals surface area contributed by atoms with Crippen LogP contribution in [0.15, 0.2) is 12.7 Å². The minimum Gasteiger partial charge on any atom is -0.463 e. The summed E-state index contributed by atoms with van der Waals surface area (Å²) in [7, 11) is 3.66. The predicted molar refractivity (Wildman–Crippen MR) is 63.5 cm³/mol. The fourth-order valence-corrected chi connectivity index (χ4v) is 1.02. The maximum absolute atomic E-state index is 5.54. The van der Waals surface area contributed by atoms with Crippen LogP contribution in [-0.4, -0.2) is 35.7 Å². The first-order chi connectivity index (χ1) is 7.63. The summed E-state index contributed by atoms with van der Waals surface area (Å²) in [5.74, 6) is 0.656. The topological polar surface area (TPSA) is 77.2 Å². The fourth-order valence-electron chi connectivity index (χ4n) is 1.02. The lowest BCUT2D eigenvalue weighted by atomic mass is 10.3. The maximum atomic E-state index is 5.54. The number of nitrogens with zero attached hydrogens (tertiary/aromatic N) is 4. The number of hydrogen-bond donors (Lipinski definition) is 1. The fraction of sp³-hybridized carbons (Fsp3) is 0.500. The Kier molecular flexibility index (Phi) is 4.50. The third-order valence-electron chi connectivity index (χ3n) is 1.80. The molecule has 0 radical (unpaired) electrons. The quantitative estimate of drug-likeness (QED) is 0.569. The number of nitrogens with two attached hydrogens (primary N) is 1. The summed E-state index contributed by atoms with van der Waals surface area (Å²) < 4.78 is 5.36. The van der Waals surface area contributed by atoms with Gasteiger partial charge in [-0.25, -0.2) is 0 Å². The average molecular weight is 223 g/mol. The molecule has 0 spiro atoms. The lowest BCUT2D eigenvalue weighted by Gasteiger charge is -2.11. The van der Waals surface area contributed by atoms with Crippen molar-refractivity contribution in [2.24, 2.45) is 0 Å². The van der Waals surface area contributed by atoms with E-state index in [0.717, 1.165) is 12.8 Å². The Morgan fingerprint density at radius 1 is 1.38 bits per heavy atom. The summed E-state index contributed by atoms with van der Waals surface area (Å²) in [6.45, 7) is 4.18. The van der Waals surface area contributed by atoms with Crippen LogP contribution in [0.5, 0.6) is 6.01 Å². The van der Waals surface area contributed by atoms with E-state index in [4.69, 9.17) is 10.5 Å².